The van der Waals surface area contributed by atoms with Crippen molar-refractivity contribution < 1.29 is 18.9 Å². The predicted octanol–water partition coefficient (Wildman–Crippen LogP) is -0.697. The van der Waals surface area contributed by atoms with E-state index in [1.54, 1.807) is 11.8 Å². The minimum Gasteiger partial charge on any atom is -0.352 e. The highest BCUT2D eigenvalue weighted by atomic mass is 32.2. The number of hydrogen-bond donors (Lipinski definition) is 3. The first-order valence-corrected chi connectivity index (χ1v) is 7.95. The summed E-state index contributed by atoms with van der Waals surface area (Å²) in [6.07, 6.45) is 2.43. The Hall–Kier alpha value is -2.10. The van der Waals surface area contributed by atoms with Gasteiger partial charge in [0.1, 0.15) is 6.04 Å². The molecular formula is C12H19N5O4S. The van der Waals surface area contributed by atoms with Gasteiger partial charge in [0, 0.05) is 14.0 Å². The van der Waals surface area contributed by atoms with Gasteiger partial charge in [-0.2, -0.15) is 16.7 Å². The van der Waals surface area contributed by atoms with Crippen LogP contribution in [0.25, 0.3) is 0 Å². The fourth-order valence-electron chi connectivity index (χ4n) is 1.57. The number of thioether (sulfide) groups is 1. The number of aromatic nitrogens is 2. The van der Waals surface area contributed by atoms with E-state index in [1.165, 1.54) is 14.0 Å². The van der Waals surface area contributed by atoms with Gasteiger partial charge in [-0.1, -0.05) is 5.16 Å². The first-order chi connectivity index (χ1) is 10.5. The fourth-order valence-corrected chi connectivity index (χ4v) is 2.04. The van der Waals surface area contributed by atoms with Gasteiger partial charge in [-0.05, 0) is 18.4 Å². The molecule has 1 rings (SSSR count). The van der Waals surface area contributed by atoms with Crippen LogP contribution in [0.15, 0.2) is 4.52 Å². The molecule has 0 aliphatic heterocycles. The monoisotopic (exact) mass is 329 g/mol. The molecule has 0 spiro atoms. The van der Waals surface area contributed by atoms with Crippen molar-refractivity contribution in [2.45, 2.75) is 25.9 Å². The standard InChI is InChI=1S/C12H19N5O4S/c1-7(18)15-8(4-5-22-3)11(19)14-6-9-16-10(17-21-9)12(20)13-2/h8H,4-6H2,1-3H3,(H,13,20)(H,14,19)(H,15,18)/t8-/m0/s1. The summed E-state index contributed by atoms with van der Waals surface area (Å²) in [7, 11) is 1.45. The second-order valence-corrected chi connectivity index (χ2v) is 5.33. The van der Waals surface area contributed by atoms with Gasteiger partial charge in [0.25, 0.3) is 11.7 Å². The van der Waals surface area contributed by atoms with E-state index in [9.17, 15) is 14.4 Å². The fraction of sp³-hybridized carbons (Fsp3) is 0.583. The molecule has 10 heteroatoms. The van der Waals surface area contributed by atoms with Crippen molar-refractivity contribution in [2.24, 2.45) is 0 Å². The topological polar surface area (TPSA) is 126 Å². The average molecular weight is 329 g/mol. The Morgan fingerprint density at radius 3 is 2.68 bits per heavy atom. The molecule has 0 fully saturated rings. The molecule has 3 N–H and O–H groups in total. The van der Waals surface area contributed by atoms with Crippen LogP contribution in [0.2, 0.25) is 0 Å². The second-order valence-electron chi connectivity index (χ2n) is 4.34. The summed E-state index contributed by atoms with van der Waals surface area (Å²) in [5.41, 5.74) is 0. The minimum atomic E-state index is -0.619. The van der Waals surface area contributed by atoms with Crippen molar-refractivity contribution in [1.82, 2.24) is 26.1 Å². The number of nitrogens with zero attached hydrogens (tertiary/aromatic N) is 2. The smallest absolute Gasteiger partial charge is 0.292 e. The Bertz CT molecular complexity index is 533. The Morgan fingerprint density at radius 2 is 2.09 bits per heavy atom. The molecule has 1 heterocycles. The number of carbonyl (C=O) groups is 3. The van der Waals surface area contributed by atoms with Crippen molar-refractivity contribution in [3.05, 3.63) is 11.7 Å². The molecule has 0 unspecified atom stereocenters. The van der Waals surface area contributed by atoms with Crippen LogP contribution in [0.5, 0.6) is 0 Å². The van der Waals surface area contributed by atoms with E-state index in [4.69, 9.17) is 4.52 Å². The van der Waals surface area contributed by atoms with Crippen LogP contribution in [-0.4, -0.2) is 53.0 Å². The molecule has 1 atom stereocenters. The summed E-state index contributed by atoms with van der Waals surface area (Å²) in [4.78, 5) is 38.3. The van der Waals surface area contributed by atoms with Gasteiger partial charge in [0.05, 0.1) is 6.54 Å². The van der Waals surface area contributed by atoms with Crippen LogP contribution in [0.3, 0.4) is 0 Å². The van der Waals surface area contributed by atoms with Crippen molar-refractivity contribution in [3.63, 3.8) is 0 Å². The van der Waals surface area contributed by atoms with Crippen molar-refractivity contribution in [3.8, 4) is 0 Å². The third-order valence-electron chi connectivity index (χ3n) is 2.62. The summed E-state index contributed by atoms with van der Waals surface area (Å²) in [6.45, 7) is 1.34. The van der Waals surface area contributed by atoms with Gasteiger partial charge in [0.2, 0.25) is 17.7 Å². The van der Waals surface area contributed by atoms with Gasteiger partial charge in [-0.25, -0.2) is 0 Å². The third-order valence-corrected chi connectivity index (χ3v) is 3.26. The molecule has 0 aliphatic rings. The Balaban J connectivity index is 2.56. The van der Waals surface area contributed by atoms with Crippen molar-refractivity contribution >= 4 is 29.5 Å². The Morgan fingerprint density at radius 1 is 1.36 bits per heavy atom. The first kappa shape index (κ1) is 18.0. The van der Waals surface area contributed by atoms with Crippen molar-refractivity contribution in [2.75, 3.05) is 19.1 Å². The maximum absolute atomic E-state index is 12.1. The lowest BCUT2D eigenvalue weighted by Crippen LogP contribution is -2.46. The minimum absolute atomic E-state index is 0.0157. The van der Waals surface area contributed by atoms with Gasteiger partial charge in [0.15, 0.2) is 0 Å². The predicted molar refractivity (Wildman–Crippen MR) is 80.1 cm³/mol. The van der Waals surface area contributed by atoms with E-state index < -0.39 is 11.9 Å². The molecule has 0 saturated heterocycles. The molecule has 0 bridgehead atoms. The van der Waals surface area contributed by atoms with E-state index in [0.717, 1.165) is 5.75 Å². The molecule has 122 valence electrons. The molecule has 0 radical (unpaired) electrons. The zero-order chi connectivity index (χ0) is 16.5. The summed E-state index contributed by atoms with van der Waals surface area (Å²) in [6, 6.07) is -0.619. The van der Waals surface area contributed by atoms with E-state index in [-0.39, 0.29) is 30.1 Å². The summed E-state index contributed by atoms with van der Waals surface area (Å²) in [5, 5.41) is 11.0. The number of amides is 3. The Labute approximate surface area is 132 Å². The highest BCUT2D eigenvalue weighted by molar-refractivity contribution is 7.98. The highest BCUT2D eigenvalue weighted by Gasteiger charge is 2.20. The average Bonchev–Trinajstić information content (AvgIpc) is 2.96. The SMILES string of the molecule is CNC(=O)c1noc(CNC(=O)[C@H](CCSC)NC(C)=O)n1. The quantitative estimate of drug-likeness (QED) is 0.576. The Kier molecular flexibility index (Phi) is 7.37. The lowest BCUT2D eigenvalue weighted by molar-refractivity contribution is -0.128. The number of carbonyl (C=O) groups excluding carboxylic acids is 3. The zero-order valence-electron chi connectivity index (χ0n) is 12.6. The maximum Gasteiger partial charge on any atom is 0.292 e. The molecule has 1 aromatic rings. The largest absolute Gasteiger partial charge is 0.352 e. The van der Waals surface area contributed by atoms with E-state index >= 15 is 0 Å². The molecule has 1 aromatic heterocycles. The van der Waals surface area contributed by atoms with E-state index in [0.29, 0.717) is 6.42 Å². The van der Waals surface area contributed by atoms with Crippen LogP contribution in [0, 0.1) is 0 Å². The lowest BCUT2D eigenvalue weighted by Gasteiger charge is -2.16. The van der Waals surface area contributed by atoms with Gasteiger partial charge >= 0.3 is 0 Å². The molecule has 9 nitrogen and oxygen atoms in total. The van der Waals surface area contributed by atoms with Crippen LogP contribution >= 0.6 is 11.8 Å². The molecule has 0 aliphatic carbocycles. The van der Waals surface area contributed by atoms with Gasteiger partial charge in [-0.3, -0.25) is 14.4 Å². The van der Waals surface area contributed by atoms with Crippen LogP contribution in [-0.2, 0) is 16.1 Å². The molecule has 0 saturated carbocycles. The second kappa shape index (κ2) is 9.03. The number of rotatable bonds is 8. The first-order valence-electron chi connectivity index (χ1n) is 6.56. The van der Waals surface area contributed by atoms with Crippen LogP contribution in [0.4, 0.5) is 0 Å². The lowest BCUT2D eigenvalue weighted by atomic mass is 10.2. The van der Waals surface area contributed by atoms with Gasteiger partial charge < -0.3 is 20.5 Å². The van der Waals surface area contributed by atoms with Crippen LogP contribution in [0.1, 0.15) is 29.9 Å². The molecule has 22 heavy (non-hydrogen) atoms. The number of nitrogens with one attached hydrogen (secondary N) is 3. The summed E-state index contributed by atoms with van der Waals surface area (Å²) < 4.78 is 4.85. The molecule has 3 amide bonds. The number of hydrogen-bond acceptors (Lipinski definition) is 7. The zero-order valence-corrected chi connectivity index (χ0v) is 13.5. The summed E-state index contributed by atoms with van der Waals surface area (Å²) >= 11 is 1.58. The summed E-state index contributed by atoms with van der Waals surface area (Å²) in [5.74, 6) is -0.354. The molecular weight excluding hydrogens is 310 g/mol. The van der Waals surface area contributed by atoms with E-state index in [2.05, 4.69) is 26.1 Å². The normalized spacial score (nSPS) is 11.6. The third kappa shape index (κ3) is 5.72. The van der Waals surface area contributed by atoms with Crippen LogP contribution < -0.4 is 16.0 Å². The van der Waals surface area contributed by atoms with E-state index in [1.807, 2.05) is 6.26 Å². The van der Waals surface area contributed by atoms with Gasteiger partial charge in [-0.15, -0.1) is 0 Å². The van der Waals surface area contributed by atoms with Crippen molar-refractivity contribution in [1.29, 1.82) is 0 Å². The highest BCUT2D eigenvalue weighted by Crippen LogP contribution is 2.02. The maximum atomic E-state index is 12.1. The molecule has 0 aromatic carbocycles.